The Hall–Kier alpha value is -0.550. The number of nitriles is 1. The van der Waals surface area contributed by atoms with Crippen molar-refractivity contribution >= 4 is 0 Å². The summed E-state index contributed by atoms with van der Waals surface area (Å²) in [5.74, 6) is 0. The standard InChI is InChI=1S/C6H9NO/c7-5-6-3-1-2-4-8-6/h6H,1-4H2/t6-/m0/s1. The largest absolute Gasteiger partial charge is 0.363 e. The summed E-state index contributed by atoms with van der Waals surface area (Å²) in [5.41, 5.74) is 0. The lowest BCUT2D eigenvalue weighted by molar-refractivity contribution is 0.0513. The summed E-state index contributed by atoms with van der Waals surface area (Å²) in [6.07, 6.45) is 3.09. The molecular weight excluding hydrogens is 102 g/mol. The molecule has 0 saturated carbocycles. The van der Waals surface area contributed by atoms with E-state index in [-0.39, 0.29) is 6.10 Å². The van der Waals surface area contributed by atoms with Crippen molar-refractivity contribution in [3.05, 3.63) is 0 Å². The van der Waals surface area contributed by atoms with Crippen molar-refractivity contribution < 1.29 is 4.74 Å². The molecule has 1 fully saturated rings. The van der Waals surface area contributed by atoms with Gasteiger partial charge in [0.15, 0.2) is 0 Å². The van der Waals surface area contributed by atoms with Crippen LogP contribution in [-0.4, -0.2) is 12.7 Å². The molecule has 1 aliphatic rings. The Morgan fingerprint density at radius 1 is 1.50 bits per heavy atom. The van der Waals surface area contributed by atoms with Gasteiger partial charge < -0.3 is 4.74 Å². The van der Waals surface area contributed by atoms with E-state index in [2.05, 4.69) is 6.07 Å². The van der Waals surface area contributed by atoms with Crippen LogP contribution >= 0.6 is 0 Å². The Labute approximate surface area is 49.1 Å². The lowest BCUT2D eigenvalue weighted by Crippen LogP contribution is -2.16. The molecule has 1 rings (SSSR count). The molecule has 2 heteroatoms. The summed E-state index contributed by atoms with van der Waals surface area (Å²) in [6.45, 7) is 0.776. The smallest absolute Gasteiger partial charge is 0.143 e. The monoisotopic (exact) mass is 111 g/mol. The van der Waals surface area contributed by atoms with E-state index in [1.54, 1.807) is 0 Å². The molecule has 0 aromatic carbocycles. The second-order valence-corrected chi connectivity index (χ2v) is 1.98. The summed E-state index contributed by atoms with van der Waals surface area (Å²) in [4.78, 5) is 0. The zero-order valence-electron chi connectivity index (χ0n) is 4.76. The zero-order chi connectivity index (χ0) is 5.82. The van der Waals surface area contributed by atoms with Crippen LogP contribution in [0.2, 0.25) is 0 Å². The molecule has 0 N–H and O–H groups in total. The van der Waals surface area contributed by atoms with E-state index in [9.17, 15) is 0 Å². The predicted octanol–water partition coefficient (Wildman–Crippen LogP) is 1.08. The minimum absolute atomic E-state index is 0.108. The maximum atomic E-state index is 8.32. The van der Waals surface area contributed by atoms with Crippen LogP contribution in [0.5, 0.6) is 0 Å². The van der Waals surface area contributed by atoms with Gasteiger partial charge in [0.05, 0.1) is 6.07 Å². The average molecular weight is 111 g/mol. The van der Waals surface area contributed by atoms with Gasteiger partial charge in [-0.05, 0) is 19.3 Å². The number of ether oxygens (including phenoxy) is 1. The third-order valence-corrected chi connectivity index (χ3v) is 1.32. The molecule has 0 spiro atoms. The van der Waals surface area contributed by atoms with Crippen LogP contribution < -0.4 is 0 Å². The Bertz CT molecular complexity index is 99.6. The van der Waals surface area contributed by atoms with Crippen LogP contribution in [0.3, 0.4) is 0 Å². The second kappa shape index (κ2) is 2.68. The fourth-order valence-electron chi connectivity index (χ4n) is 0.843. The van der Waals surface area contributed by atoms with Gasteiger partial charge in [0.25, 0.3) is 0 Å². The molecule has 1 aliphatic heterocycles. The summed E-state index contributed by atoms with van der Waals surface area (Å²) in [5, 5.41) is 8.32. The first kappa shape index (κ1) is 5.58. The summed E-state index contributed by atoms with van der Waals surface area (Å²) >= 11 is 0. The Morgan fingerprint density at radius 2 is 2.38 bits per heavy atom. The van der Waals surface area contributed by atoms with E-state index in [1.165, 1.54) is 0 Å². The maximum Gasteiger partial charge on any atom is 0.143 e. The van der Waals surface area contributed by atoms with Crippen LogP contribution in [-0.2, 0) is 4.74 Å². The van der Waals surface area contributed by atoms with Gasteiger partial charge >= 0.3 is 0 Å². The van der Waals surface area contributed by atoms with Crippen molar-refractivity contribution in [1.29, 1.82) is 5.26 Å². The van der Waals surface area contributed by atoms with Crippen LogP contribution in [0.15, 0.2) is 0 Å². The summed E-state index contributed by atoms with van der Waals surface area (Å²) in [6, 6.07) is 2.08. The SMILES string of the molecule is N#C[C@@H]1CCCCO1. The lowest BCUT2D eigenvalue weighted by atomic mass is 10.1. The Morgan fingerprint density at radius 3 is 2.75 bits per heavy atom. The van der Waals surface area contributed by atoms with Gasteiger partial charge in [-0.1, -0.05) is 0 Å². The first-order valence-electron chi connectivity index (χ1n) is 2.94. The molecule has 0 bridgehead atoms. The lowest BCUT2D eigenvalue weighted by Gasteiger charge is -2.14. The van der Waals surface area contributed by atoms with Gasteiger partial charge in [0.1, 0.15) is 6.10 Å². The van der Waals surface area contributed by atoms with Crippen molar-refractivity contribution in [2.24, 2.45) is 0 Å². The van der Waals surface area contributed by atoms with Crippen molar-refractivity contribution in [2.75, 3.05) is 6.61 Å². The van der Waals surface area contributed by atoms with Gasteiger partial charge in [0.2, 0.25) is 0 Å². The molecule has 1 heterocycles. The topological polar surface area (TPSA) is 33.0 Å². The Balaban J connectivity index is 2.25. The summed E-state index contributed by atoms with van der Waals surface area (Å²) < 4.78 is 5.07. The number of hydrogen-bond acceptors (Lipinski definition) is 2. The molecule has 1 atom stereocenters. The van der Waals surface area contributed by atoms with Crippen molar-refractivity contribution in [1.82, 2.24) is 0 Å². The molecule has 0 radical (unpaired) electrons. The maximum absolute atomic E-state index is 8.32. The molecule has 0 aromatic heterocycles. The number of hydrogen-bond donors (Lipinski definition) is 0. The fraction of sp³-hybridized carbons (Fsp3) is 0.833. The Kier molecular flexibility index (Phi) is 1.87. The molecule has 0 unspecified atom stereocenters. The second-order valence-electron chi connectivity index (χ2n) is 1.98. The van der Waals surface area contributed by atoms with E-state index in [0.29, 0.717) is 0 Å². The number of nitrogens with zero attached hydrogens (tertiary/aromatic N) is 1. The van der Waals surface area contributed by atoms with Gasteiger partial charge in [-0.3, -0.25) is 0 Å². The minimum atomic E-state index is -0.108. The average Bonchev–Trinajstić information content (AvgIpc) is 1.90. The first-order chi connectivity index (χ1) is 3.93. The van der Waals surface area contributed by atoms with Crippen LogP contribution in [0, 0.1) is 11.3 Å². The first-order valence-corrected chi connectivity index (χ1v) is 2.94. The van der Waals surface area contributed by atoms with E-state index in [4.69, 9.17) is 10.00 Å². The molecule has 0 aromatic rings. The highest BCUT2D eigenvalue weighted by Crippen LogP contribution is 2.10. The predicted molar refractivity (Wildman–Crippen MR) is 29.2 cm³/mol. The van der Waals surface area contributed by atoms with Crippen LogP contribution in [0.25, 0.3) is 0 Å². The molecule has 44 valence electrons. The normalized spacial score (nSPS) is 29.1. The van der Waals surface area contributed by atoms with Gasteiger partial charge in [-0.25, -0.2) is 0 Å². The third-order valence-electron chi connectivity index (χ3n) is 1.32. The quantitative estimate of drug-likeness (QED) is 0.468. The molecule has 8 heavy (non-hydrogen) atoms. The van der Waals surface area contributed by atoms with Crippen molar-refractivity contribution in [2.45, 2.75) is 25.4 Å². The van der Waals surface area contributed by atoms with Crippen molar-refractivity contribution in [3.8, 4) is 6.07 Å². The van der Waals surface area contributed by atoms with Crippen molar-refractivity contribution in [3.63, 3.8) is 0 Å². The van der Waals surface area contributed by atoms with Crippen LogP contribution in [0.1, 0.15) is 19.3 Å². The highest BCUT2D eigenvalue weighted by atomic mass is 16.5. The summed E-state index contributed by atoms with van der Waals surface area (Å²) in [7, 11) is 0. The highest BCUT2D eigenvalue weighted by molar-refractivity contribution is 4.85. The van der Waals surface area contributed by atoms with E-state index in [0.717, 1.165) is 25.9 Å². The highest BCUT2D eigenvalue weighted by Gasteiger charge is 2.10. The molecular formula is C6H9NO. The van der Waals surface area contributed by atoms with E-state index in [1.807, 2.05) is 0 Å². The molecule has 0 aliphatic carbocycles. The molecule has 1 saturated heterocycles. The van der Waals surface area contributed by atoms with Crippen LogP contribution in [0.4, 0.5) is 0 Å². The van der Waals surface area contributed by atoms with Gasteiger partial charge in [-0.2, -0.15) is 5.26 Å². The van der Waals surface area contributed by atoms with Gasteiger partial charge in [0, 0.05) is 6.61 Å². The third kappa shape index (κ3) is 1.21. The molecule has 2 nitrogen and oxygen atoms in total. The number of rotatable bonds is 0. The minimum Gasteiger partial charge on any atom is -0.363 e. The van der Waals surface area contributed by atoms with Gasteiger partial charge in [-0.15, -0.1) is 0 Å². The fourth-order valence-corrected chi connectivity index (χ4v) is 0.843. The molecule has 0 amide bonds. The van der Waals surface area contributed by atoms with E-state index >= 15 is 0 Å². The zero-order valence-corrected chi connectivity index (χ0v) is 4.76. The van der Waals surface area contributed by atoms with E-state index < -0.39 is 0 Å².